The van der Waals surface area contributed by atoms with Crippen LogP contribution in [0.15, 0.2) is 24.3 Å². The first-order valence-electron chi connectivity index (χ1n) is 7.78. The van der Waals surface area contributed by atoms with E-state index in [1.54, 1.807) is 0 Å². The third-order valence-corrected chi connectivity index (χ3v) is 4.58. The van der Waals surface area contributed by atoms with Gasteiger partial charge in [-0.25, -0.2) is 0 Å². The van der Waals surface area contributed by atoms with Gasteiger partial charge in [0.1, 0.15) is 5.75 Å². The lowest BCUT2D eigenvalue weighted by Crippen LogP contribution is -2.31. The van der Waals surface area contributed by atoms with Gasteiger partial charge >= 0.3 is 0 Å². The first kappa shape index (κ1) is 14.4. The lowest BCUT2D eigenvalue weighted by atomic mass is 10.00. The number of benzene rings is 1. The largest absolute Gasteiger partial charge is 0.491 e. The number of carbonyl (C=O) groups excluding carboxylic acids is 1. The first-order valence-corrected chi connectivity index (χ1v) is 7.78. The number of aliphatic hydroxyl groups excluding tert-OH is 1. The third-order valence-electron chi connectivity index (χ3n) is 4.58. The average Bonchev–Trinajstić information content (AvgIpc) is 3.01. The Morgan fingerprint density at radius 3 is 2.57 bits per heavy atom. The van der Waals surface area contributed by atoms with E-state index in [4.69, 9.17) is 4.74 Å². The standard InChI is InChI=1S/C17H23NO3/c1-11(2)21-14-6-3-12(4-7-14)17(20)18-9-13-5-8-16(19)15(13)10-18/h3-4,6-7,11,13,15-16,19H,5,8-10H2,1-2H3. The first-order chi connectivity index (χ1) is 10.0. The van der Waals surface area contributed by atoms with Crippen molar-refractivity contribution in [3.63, 3.8) is 0 Å². The molecular weight excluding hydrogens is 266 g/mol. The molecule has 0 aromatic heterocycles. The Bertz CT molecular complexity index is 511. The van der Waals surface area contributed by atoms with E-state index >= 15 is 0 Å². The summed E-state index contributed by atoms with van der Waals surface area (Å²) in [6.45, 7) is 5.43. The molecule has 2 aliphatic rings. The fourth-order valence-electron chi connectivity index (χ4n) is 3.53. The minimum absolute atomic E-state index is 0.0627. The maximum Gasteiger partial charge on any atom is 0.253 e. The number of nitrogens with zero attached hydrogens (tertiary/aromatic N) is 1. The van der Waals surface area contributed by atoms with Gasteiger partial charge in [0.2, 0.25) is 0 Å². The maximum atomic E-state index is 12.5. The monoisotopic (exact) mass is 289 g/mol. The van der Waals surface area contributed by atoms with Crippen LogP contribution in [0.5, 0.6) is 5.75 Å². The predicted molar refractivity (Wildman–Crippen MR) is 80.3 cm³/mol. The summed E-state index contributed by atoms with van der Waals surface area (Å²) in [5.41, 5.74) is 0.695. The van der Waals surface area contributed by atoms with Gasteiger partial charge in [-0.05, 0) is 56.9 Å². The Hall–Kier alpha value is -1.55. The van der Waals surface area contributed by atoms with Crippen LogP contribution in [-0.2, 0) is 0 Å². The molecule has 1 amide bonds. The van der Waals surface area contributed by atoms with Crippen LogP contribution in [0.3, 0.4) is 0 Å². The Kier molecular flexibility index (Phi) is 3.89. The lowest BCUT2D eigenvalue weighted by molar-refractivity contribution is 0.0752. The van der Waals surface area contributed by atoms with Gasteiger partial charge in [-0.3, -0.25) is 4.79 Å². The van der Waals surface area contributed by atoms with Crippen LogP contribution >= 0.6 is 0 Å². The van der Waals surface area contributed by atoms with Crippen LogP contribution in [0.25, 0.3) is 0 Å². The van der Waals surface area contributed by atoms with Crippen molar-refractivity contribution >= 4 is 5.91 Å². The normalized spacial score (nSPS) is 28.0. The number of ether oxygens (including phenoxy) is 1. The summed E-state index contributed by atoms with van der Waals surface area (Å²) in [5, 5.41) is 9.94. The lowest BCUT2D eigenvalue weighted by Gasteiger charge is -2.19. The van der Waals surface area contributed by atoms with Crippen LogP contribution in [0.2, 0.25) is 0 Å². The zero-order valence-electron chi connectivity index (χ0n) is 12.7. The molecule has 114 valence electrons. The number of amides is 1. The van der Waals surface area contributed by atoms with E-state index in [1.807, 2.05) is 43.0 Å². The Balaban J connectivity index is 1.66. The molecule has 3 unspecified atom stereocenters. The van der Waals surface area contributed by atoms with Gasteiger partial charge < -0.3 is 14.7 Å². The molecule has 1 saturated carbocycles. The predicted octanol–water partition coefficient (Wildman–Crippen LogP) is 2.32. The van der Waals surface area contributed by atoms with Crippen molar-refractivity contribution in [2.24, 2.45) is 11.8 Å². The molecule has 0 bridgehead atoms. The van der Waals surface area contributed by atoms with Gasteiger partial charge in [-0.1, -0.05) is 0 Å². The van der Waals surface area contributed by atoms with Crippen molar-refractivity contribution in [2.45, 2.75) is 38.9 Å². The zero-order chi connectivity index (χ0) is 15.0. The van der Waals surface area contributed by atoms with Gasteiger partial charge in [-0.2, -0.15) is 0 Å². The van der Waals surface area contributed by atoms with E-state index < -0.39 is 0 Å². The minimum Gasteiger partial charge on any atom is -0.491 e. The molecule has 3 rings (SSSR count). The second-order valence-electron chi connectivity index (χ2n) is 6.47. The highest BCUT2D eigenvalue weighted by atomic mass is 16.5. The second kappa shape index (κ2) is 5.68. The number of hydrogen-bond donors (Lipinski definition) is 1. The molecule has 3 atom stereocenters. The SMILES string of the molecule is CC(C)Oc1ccc(C(=O)N2CC3CCC(O)C3C2)cc1. The molecule has 1 N–H and O–H groups in total. The summed E-state index contributed by atoms with van der Waals surface area (Å²) < 4.78 is 5.59. The maximum absolute atomic E-state index is 12.5. The second-order valence-corrected chi connectivity index (χ2v) is 6.47. The molecule has 1 aromatic rings. The van der Waals surface area contributed by atoms with E-state index in [2.05, 4.69) is 0 Å². The highest BCUT2D eigenvalue weighted by Crippen LogP contribution is 2.38. The molecule has 1 aromatic carbocycles. The number of hydrogen-bond acceptors (Lipinski definition) is 3. The van der Waals surface area contributed by atoms with Crippen molar-refractivity contribution < 1.29 is 14.6 Å². The number of aliphatic hydroxyl groups is 1. The van der Waals surface area contributed by atoms with Crippen molar-refractivity contribution in [1.29, 1.82) is 0 Å². The van der Waals surface area contributed by atoms with Crippen LogP contribution in [0, 0.1) is 11.8 Å². The zero-order valence-corrected chi connectivity index (χ0v) is 12.7. The molecule has 4 heteroatoms. The number of carbonyl (C=O) groups is 1. The summed E-state index contributed by atoms with van der Waals surface area (Å²) in [4.78, 5) is 14.4. The smallest absolute Gasteiger partial charge is 0.253 e. The third kappa shape index (κ3) is 2.91. The Morgan fingerprint density at radius 2 is 1.95 bits per heavy atom. The van der Waals surface area contributed by atoms with Crippen LogP contribution in [-0.4, -0.2) is 41.2 Å². The molecule has 0 radical (unpaired) electrons. The van der Waals surface area contributed by atoms with Gasteiger partial charge in [0.15, 0.2) is 0 Å². The van der Waals surface area contributed by atoms with Crippen LogP contribution in [0.1, 0.15) is 37.0 Å². The van der Waals surface area contributed by atoms with Crippen LogP contribution in [0.4, 0.5) is 0 Å². The van der Waals surface area contributed by atoms with Crippen molar-refractivity contribution in [1.82, 2.24) is 4.90 Å². The van der Waals surface area contributed by atoms with Crippen molar-refractivity contribution in [2.75, 3.05) is 13.1 Å². The fourth-order valence-corrected chi connectivity index (χ4v) is 3.53. The summed E-state index contributed by atoms with van der Waals surface area (Å²) in [6.07, 6.45) is 1.83. The number of likely N-dealkylation sites (tertiary alicyclic amines) is 1. The number of rotatable bonds is 3. The van der Waals surface area contributed by atoms with Gasteiger partial charge in [0.05, 0.1) is 12.2 Å². The molecule has 1 heterocycles. The molecule has 1 aliphatic heterocycles. The highest BCUT2D eigenvalue weighted by molar-refractivity contribution is 5.94. The Labute approximate surface area is 125 Å². The highest BCUT2D eigenvalue weighted by Gasteiger charge is 2.43. The minimum atomic E-state index is -0.227. The molecule has 1 aliphatic carbocycles. The fraction of sp³-hybridized carbons (Fsp3) is 0.588. The van der Waals surface area contributed by atoms with E-state index in [0.29, 0.717) is 18.0 Å². The average molecular weight is 289 g/mol. The topological polar surface area (TPSA) is 49.8 Å². The van der Waals surface area contributed by atoms with Crippen molar-refractivity contribution in [3.8, 4) is 5.75 Å². The quantitative estimate of drug-likeness (QED) is 0.929. The van der Waals surface area contributed by atoms with Gasteiger partial charge in [0, 0.05) is 24.6 Å². The van der Waals surface area contributed by atoms with E-state index in [-0.39, 0.29) is 24.0 Å². The molecule has 21 heavy (non-hydrogen) atoms. The van der Waals surface area contributed by atoms with Crippen molar-refractivity contribution in [3.05, 3.63) is 29.8 Å². The number of fused-ring (bicyclic) bond motifs is 1. The molecule has 0 spiro atoms. The molecule has 4 nitrogen and oxygen atoms in total. The summed E-state index contributed by atoms with van der Waals surface area (Å²) in [6, 6.07) is 7.34. The van der Waals surface area contributed by atoms with Gasteiger partial charge in [-0.15, -0.1) is 0 Å². The molecular formula is C17H23NO3. The molecule has 2 fully saturated rings. The molecule has 1 saturated heterocycles. The van der Waals surface area contributed by atoms with Gasteiger partial charge in [0.25, 0.3) is 5.91 Å². The summed E-state index contributed by atoms with van der Waals surface area (Å²) in [7, 11) is 0. The van der Waals surface area contributed by atoms with E-state index in [1.165, 1.54) is 0 Å². The van der Waals surface area contributed by atoms with E-state index in [9.17, 15) is 9.90 Å². The summed E-state index contributed by atoms with van der Waals surface area (Å²) >= 11 is 0. The van der Waals surface area contributed by atoms with E-state index in [0.717, 1.165) is 25.1 Å². The van der Waals surface area contributed by atoms with Crippen LogP contribution < -0.4 is 4.74 Å². The Morgan fingerprint density at radius 1 is 1.24 bits per heavy atom. The summed E-state index contributed by atoms with van der Waals surface area (Å²) in [5.74, 6) is 1.60.